The van der Waals surface area contributed by atoms with Gasteiger partial charge in [0.2, 0.25) is 0 Å². The number of azide groups is 1. The summed E-state index contributed by atoms with van der Waals surface area (Å²) in [6, 6.07) is 0. The van der Waals surface area contributed by atoms with Crippen molar-refractivity contribution in [2.24, 2.45) is 11.0 Å². The Kier molecular flexibility index (Phi) is 9.11. The van der Waals surface area contributed by atoms with Crippen molar-refractivity contribution in [2.45, 2.75) is 43.0 Å². The third kappa shape index (κ3) is 6.42. The van der Waals surface area contributed by atoms with Crippen molar-refractivity contribution < 1.29 is 58.4 Å². The monoisotopic (exact) mass is 443 g/mol. The van der Waals surface area contributed by atoms with Gasteiger partial charge in [0, 0.05) is 30.8 Å². The van der Waals surface area contributed by atoms with Gasteiger partial charge in [0.1, 0.15) is 18.0 Å². The molecule has 0 aliphatic carbocycles. The standard InChI is InChI=1S/C13H22N3O12P/c1-26-29(24,25)28-13(12(22)23)3-8(19)7(2-6(18)4-15-16-14)11(27-13)10(21)9(20)5-17/h7-11,17,19-21H,2-5H2,1H3,(H,22,23)(H,24,25)/t7?,8?,9-,10-,11?,13?/m1/s1. The molecule has 0 aromatic heterocycles. The van der Waals surface area contributed by atoms with Crippen molar-refractivity contribution in [1.82, 2.24) is 0 Å². The first-order valence-electron chi connectivity index (χ1n) is 8.11. The molecule has 7 atom stereocenters. The van der Waals surface area contributed by atoms with Gasteiger partial charge < -0.3 is 35.2 Å². The molecule has 0 aromatic rings. The first-order chi connectivity index (χ1) is 13.4. The van der Waals surface area contributed by atoms with E-state index in [1.807, 2.05) is 0 Å². The fourth-order valence-electron chi connectivity index (χ4n) is 2.80. The number of aliphatic hydroxyl groups excluding tert-OH is 4. The Bertz CT molecular complexity index is 701. The summed E-state index contributed by atoms with van der Waals surface area (Å²) in [5.41, 5.74) is 8.27. The molecule has 29 heavy (non-hydrogen) atoms. The molecule has 1 heterocycles. The Hall–Kier alpha value is -1.64. The van der Waals surface area contributed by atoms with E-state index in [0.29, 0.717) is 0 Å². The van der Waals surface area contributed by atoms with Crippen LogP contribution < -0.4 is 0 Å². The number of aliphatic carboxylic acids is 1. The van der Waals surface area contributed by atoms with E-state index in [-0.39, 0.29) is 0 Å². The Morgan fingerprint density at radius 2 is 2.07 bits per heavy atom. The SMILES string of the molecule is COP(=O)(O)OC1(C(=O)O)CC(O)C(CC(=O)CN=[N+]=[N-])C([C@H](O)[C@H](O)CO)O1. The summed E-state index contributed by atoms with van der Waals surface area (Å²) in [5.74, 6) is -6.99. The van der Waals surface area contributed by atoms with Gasteiger partial charge in [0.05, 0.1) is 25.4 Å². The molecule has 1 aliphatic heterocycles. The first-order valence-corrected chi connectivity index (χ1v) is 9.60. The fraction of sp³-hybridized carbons (Fsp3) is 0.846. The van der Waals surface area contributed by atoms with Gasteiger partial charge in [-0.05, 0) is 5.53 Å². The van der Waals surface area contributed by atoms with Crippen LogP contribution in [-0.2, 0) is 27.9 Å². The van der Waals surface area contributed by atoms with Crippen LogP contribution in [0.2, 0.25) is 0 Å². The second-order valence-corrected chi connectivity index (χ2v) is 7.68. The lowest BCUT2D eigenvalue weighted by Crippen LogP contribution is -2.61. The zero-order valence-electron chi connectivity index (χ0n) is 15.1. The minimum absolute atomic E-state index is 0.573. The zero-order valence-corrected chi connectivity index (χ0v) is 16.0. The Morgan fingerprint density at radius 1 is 1.45 bits per heavy atom. The number of phosphoric acid groups is 1. The van der Waals surface area contributed by atoms with Gasteiger partial charge in [0.25, 0.3) is 5.79 Å². The highest BCUT2D eigenvalue weighted by Crippen LogP contribution is 2.51. The van der Waals surface area contributed by atoms with E-state index in [4.69, 9.17) is 15.4 Å². The predicted octanol–water partition coefficient (Wildman–Crippen LogP) is -1.72. The van der Waals surface area contributed by atoms with E-state index < -0.39 is 81.7 Å². The number of carboxylic acids is 1. The maximum absolute atomic E-state index is 11.9. The highest BCUT2D eigenvalue weighted by atomic mass is 31.2. The van der Waals surface area contributed by atoms with Crippen molar-refractivity contribution in [3.63, 3.8) is 0 Å². The zero-order chi connectivity index (χ0) is 22.4. The molecule has 5 unspecified atom stereocenters. The van der Waals surface area contributed by atoms with Crippen molar-refractivity contribution >= 4 is 19.6 Å². The highest BCUT2D eigenvalue weighted by molar-refractivity contribution is 7.47. The van der Waals surface area contributed by atoms with E-state index in [9.17, 15) is 39.5 Å². The molecule has 0 aromatic carbocycles. The lowest BCUT2D eigenvalue weighted by molar-refractivity contribution is -0.297. The number of ketones is 1. The molecule has 0 saturated carbocycles. The van der Waals surface area contributed by atoms with Gasteiger partial charge in [-0.3, -0.25) is 9.32 Å². The van der Waals surface area contributed by atoms with Crippen LogP contribution in [0.3, 0.4) is 0 Å². The van der Waals surface area contributed by atoms with Gasteiger partial charge in [-0.1, -0.05) is 5.11 Å². The summed E-state index contributed by atoms with van der Waals surface area (Å²) < 4.78 is 25.6. The number of nitrogens with zero attached hydrogens (tertiary/aromatic N) is 3. The van der Waals surface area contributed by atoms with E-state index in [2.05, 4.69) is 19.1 Å². The largest absolute Gasteiger partial charge is 0.477 e. The normalized spacial score (nSPS) is 31.2. The van der Waals surface area contributed by atoms with Gasteiger partial charge >= 0.3 is 13.8 Å². The lowest BCUT2D eigenvalue weighted by atomic mass is 9.80. The second kappa shape index (κ2) is 10.4. The molecule has 0 bridgehead atoms. The minimum atomic E-state index is -4.97. The van der Waals surface area contributed by atoms with E-state index in [1.165, 1.54) is 0 Å². The molecule has 1 fully saturated rings. The number of ether oxygens (including phenoxy) is 1. The number of phosphoric ester groups is 1. The van der Waals surface area contributed by atoms with Crippen molar-refractivity contribution in [3.8, 4) is 0 Å². The maximum atomic E-state index is 11.9. The molecule has 16 heteroatoms. The van der Waals surface area contributed by atoms with Gasteiger partial charge in [-0.2, -0.15) is 0 Å². The topological polar surface area (TPSA) is 249 Å². The Labute approximate surface area is 163 Å². The number of hydrogen-bond acceptors (Lipinski definition) is 11. The van der Waals surface area contributed by atoms with Crippen LogP contribution in [0.4, 0.5) is 0 Å². The number of hydrogen-bond donors (Lipinski definition) is 6. The Balaban J connectivity index is 3.31. The van der Waals surface area contributed by atoms with Crippen LogP contribution >= 0.6 is 7.82 Å². The number of rotatable bonds is 11. The van der Waals surface area contributed by atoms with Crippen LogP contribution in [0, 0.1) is 5.92 Å². The summed E-state index contributed by atoms with van der Waals surface area (Å²) in [6.45, 7) is -1.60. The molecule has 0 spiro atoms. The van der Waals surface area contributed by atoms with Crippen LogP contribution in [0.5, 0.6) is 0 Å². The molecular weight excluding hydrogens is 421 g/mol. The number of aliphatic hydroxyl groups is 4. The van der Waals surface area contributed by atoms with Gasteiger partial charge in [-0.15, -0.1) is 0 Å². The molecule has 6 N–H and O–H groups in total. The molecule has 1 saturated heterocycles. The summed E-state index contributed by atoms with van der Waals surface area (Å²) in [5, 5.41) is 52.0. The molecule has 0 radical (unpaired) electrons. The van der Waals surface area contributed by atoms with Gasteiger partial charge in [0.15, 0.2) is 0 Å². The Morgan fingerprint density at radius 3 is 2.55 bits per heavy atom. The minimum Gasteiger partial charge on any atom is -0.477 e. The number of Topliss-reactive ketones (excluding diaryl/α,β-unsaturated/α-hetero) is 1. The van der Waals surface area contributed by atoms with Crippen LogP contribution in [0.1, 0.15) is 12.8 Å². The number of carbonyl (C=O) groups excluding carboxylic acids is 1. The lowest BCUT2D eigenvalue weighted by Gasteiger charge is -2.46. The summed E-state index contributed by atoms with van der Waals surface area (Å²) in [6.07, 6.45) is -9.03. The maximum Gasteiger partial charge on any atom is 0.474 e. The highest BCUT2D eigenvalue weighted by Gasteiger charge is 2.58. The van der Waals surface area contributed by atoms with Crippen LogP contribution in [-0.4, -0.2) is 92.6 Å². The third-order valence-electron chi connectivity index (χ3n) is 4.23. The quantitative estimate of drug-likeness (QED) is 0.0903. The number of carbonyl (C=O) groups is 2. The van der Waals surface area contributed by atoms with Crippen molar-refractivity contribution in [2.75, 3.05) is 20.3 Å². The summed E-state index contributed by atoms with van der Waals surface area (Å²) in [7, 11) is -4.23. The fourth-order valence-corrected chi connectivity index (χ4v) is 3.44. The summed E-state index contributed by atoms with van der Waals surface area (Å²) >= 11 is 0. The number of carboxylic acid groups (broad SMARTS) is 1. The average molecular weight is 443 g/mol. The first kappa shape index (κ1) is 25.4. The third-order valence-corrected chi connectivity index (χ3v) is 5.22. The predicted molar refractivity (Wildman–Crippen MR) is 90.0 cm³/mol. The molecule has 15 nitrogen and oxygen atoms in total. The summed E-state index contributed by atoms with van der Waals surface area (Å²) in [4.78, 5) is 35.5. The van der Waals surface area contributed by atoms with Crippen LogP contribution in [0.15, 0.2) is 5.11 Å². The van der Waals surface area contributed by atoms with E-state index >= 15 is 0 Å². The smallest absolute Gasteiger partial charge is 0.474 e. The second-order valence-electron chi connectivity index (χ2n) is 6.19. The van der Waals surface area contributed by atoms with E-state index in [1.54, 1.807) is 0 Å². The van der Waals surface area contributed by atoms with Gasteiger partial charge in [-0.25, -0.2) is 13.9 Å². The molecule has 0 amide bonds. The van der Waals surface area contributed by atoms with E-state index in [0.717, 1.165) is 7.11 Å². The van der Waals surface area contributed by atoms with Crippen LogP contribution in [0.25, 0.3) is 10.4 Å². The van der Waals surface area contributed by atoms with Crippen molar-refractivity contribution in [1.29, 1.82) is 0 Å². The molecule has 1 rings (SSSR count). The molecule has 1 aliphatic rings. The molecular formula is C13H22N3O12P. The average Bonchev–Trinajstić information content (AvgIpc) is 2.66. The van der Waals surface area contributed by atoms with Crippen molar-refractivity contribution in [3.05, 3.63) is 10.4 Å². The molecule has 166 valence electrons.